The molecule has 5 N–H and O–H groups in total. The van der Waals surface area contributed by atoms with Gasteiger partial charge in [-0.05, 0) is 31.2 Å². The van der Waals surface area contributed by atoms with Gasteiger partial charge in [0.05, 0.1) is 6.61 Å². The molecule has 0 aliphatic carbocycles. The Morgan fingerprint density at radius 3 is 2.65 bits per heavy atom. The number of rotatable bonds is 4. The average molecular weight is 335 g/mol. The van der Waals surface area contributed by atoms with Crippen molar-refractivity contribution >= 4 is 40.4 Å². The minimum Gasteiger partial charge on any atom is -0.494 e. The molecule has 0 bridgehead atoms. The van der Waals surface area contributed by atoms with Crippen molar-refractivity contribution < 1.29 is 14.3 Å². The quantitative estimate of drug-likeness (QED) is 0.484. The molecule has 1 aromatic carbocycles. The lowest BCUT2D eigenvalue weighted by Crippen LogP contribution is -2.50. The number of hydrogen-bond acceptors (Lipinski definition) is 6. The average Bonchev–Trinajstić information content (AvgIpc) is 2.48. The largest absolute Gasteiger partial charge is 0.494 e. The van der Waals surface area contributed by atoms with E-state index < -0.39 is 17.1 Å². The summed E-state index contributed by atoms with van der Waals surface area (Å²) in [5.41, 5.74) is 5.83. The van der Waals surface area contributed by atoms with Crippen LogP contribution in [0.15, 0.2) is 24.3 Å². The fraction of sp³-hybridized carbons (Fsp3) is 0.286. The van der Waals surface area contributed by atoms with E-state index in [9.17, 15) is 9.59 Å². The Kier molecular flexibility index (Phi) is 5.22. The lowest BCUT2D eigenvalue weighted by Gasteiger charge is -2.29. The Hall–Kier alpha value is -2.55. The highest BCUT2D eigenvalue weighted by molar-refractivity contribution is 8.15. The first-order valence-electron chi connectivity index (χ1n) is 6.88. The standard InChI is InChI=1S/C14H17N5O3S/c1-2-22-9-5-3-8(4-6-9)18-12(21)10-7-11(20)19(13(15)16)14(17)23-10/h3-6,10,17H,2,7H2,1H3,(H3,15,16)(H,18,21)/t10-/m1/s1. The molecular weight excluding hydrogens is 318 g/mol. The van der Waals surface area contributed by atoms with Gasteiger partial charge in [-0.2, -0.15) is 0 Å². The van der Waals surface area contributed by atoms with E-state index in [1.54, 1.807) is 24.3 Å². The zero-order chi connectivity index (χ0) is 17.0. The highest BCUT2D eigenvalue weighted by atomic mass is 32.2. The molecule has 122 valence electrons. The summed E-state index contributed by atoms with van der Waals surface area (Å²) < 4.78 is 5.32. The van der Waals surface area contributed by atoms with Crippen molar-refractivity contribution in [2.24, 2.45) is 5.73 Å². The van der Waals surface area contributed by atoms with Gasteiger partial charge in [0.15, 0.2) is 5.17 Å². The van der Waals surface area contributed by atoms with Crippen molar-refractivity contribution in [2.75, 3.05) is 11.9 Å². The normalized spacial score (nSPS) is 17.8. The van der Waals surface area contributed by atoms with Gasteiger partial charge < -0.3 is 15.8 Å². The van der Waals surface area contributed by atoms with Crippen LogP contribution >= 0.6 is 11.8 Å². The van der Waals surface area contributed by atoms with Gasteiger partial charge in [0, 0.05) is 12.1 Å². The lowest BCUT2D eigenvalue weighted by molar-refractivity contribution is -0.127. The third-order valence-electron chi connectivity index (χ3n) is 3.03. The molecule has 1 atom stereocenters. The van der Waals surface area contributed by atoms with E-state index in [-0.39, 0.29) is 17.5 Å². The molecule has 0 aromatic heterocycles. The lowest BCUT2D eigenvalue weighted by atomic mass is 10.2. The molecule has 1 aliphatic rings. The molecule has 23 heavy (non-hydrogen) atoms. The number of carbonyl (C=O) groups excluding carboxylic acids is 2. The van der Waals surface area contributed by atoms with Crippen molar-refractivity contribution in [3.8, 4) is 5.75 Å². The number of anilines is 1. The second-order valence-electron chi connectivity index (χ2n) is 4.68. The summed E-state index contributed by atoms with van der Waals surface area (Å²) in [4.78, 5) is 24.9. The Morgan fingerprint density at radius 2 is 2.13 bits per heavy atom. The van der Waals surface area contributed by atoms with Crippen LogP contribution in [0.5, 0.6) is 5.75 Å². The number of nitrogens with one attached hydrogen (secondary N) is 3. The van der Waals surface area contributed by atoms with Crippen molar-refractivity contribution in [3.05, 3.63) is 24.3 Å². The predicted molar refractivity (Wildman–Crippen MR) is 88.7 cm³/mol. The van der Waals surface area contributed by atoms with Crippen LogP contribution in [0.3, 0.4) is 0 Å². The molecule has 0 spiro atoms. The molecule has 0 radical (unpaired) electrons. The summed E-state index contributed by atoms with van der Waals surface area (Å²) in [7, 11) is 0. The number of hydrogen-bond donors (Lipinski definition) is 4. The Bertz CT molecular complexity index is 628. The molecule has 1 aliphatic heterocycles. The number of ether oxygens (including phenoxy) is 1. The van der Waals surface area contributed by atoms with E-state index in [1.807, 2.05) is 6.92 Å². The number of guanidine groups is 1. The van der Waals surface area contributed by atoms with Gasteiger partial charge in [-0.3, -0.25) is 20.4 Å². The summed E-state index contributed by atoms with van der Waals surface area (Å²) in [5.74, 6) is -0.724. The molecule has 1 heterocycles. The summed E-state index contributed by atoms with van der Waals surface area (Å²) in [6.07, 6.45) is -0.116. The van der Waals surface area contributed by atoms with Gasteiger partial charge in [0.1, 0.15) is 11.0 Å². The molecule has 0 saturated carbocycles. The molecule has 2 amide bonds. The van der Waals surface area contributed by atoms with Crippen molar-refractivity contribution in [3.63, 3.8) is 0 Å². The highest BCUT2D eigenvalue weighted by Gasteiger charge is 2.36. The van der Waals surface area contributed by atoms with Crippen LogP contribution in [0.4, 0.5) is 5.69 Å². The fourth-order valence-corrected chi connectivity index (χ4v) is 2.97. The molecule has 2 rings (SSSR count). The molecule has 0 unspecified atom stereocenters. The number of benzene rings is 1. The molecule has 1 aromatic rings. The van der Waals surface area contributed by atoms with Gasteiger partial charge in [-0.25, -0.2) is 4.90 Å². The number of thioether (sulfide) groups is 1. The van der Waals surface area contributed by atoms with Crippen molar-refractivity contribution in [1.29, 1.82) is 10.8 Å². The van der Waals surface area contributed by atoms with E-state index in [4.69, 9.17) is 21.3 Å². The number of amides is 2. The van der Waals surface area contributed by atoms with E-state index in [1.165, 1.54) is 0 Å². The summed E-state index contributed by atoms with van der Waals surface area (Å²) >= 11 is 0.896. The Balaban J connectivity index is 2.00. The Labute approximate surface area is 137 Å². The van der Waals surface area contributed by atoms with E-state index >= 15 is 0 Å². The van der Waals surface area contributed by atoms with Crippen LogP contribution in [0.25, 0.3) is 0 Å². The Morgan fingerprint density at radius 1 is 1.48 bits per heavy atom. The molecule has 8 nitrogen and oxygen atoms in total. The minimum absolute atomic E-state index is 0.116. The maximum atomic E-state index is 12.2. The summed E-state index contributed by atoms with van der Waals surface area (Å²) in [6, 6.07) is 6.87. The van der Waals surface area contributed by atoms with Crippen LogP contribution in [-0.2, 0) is 9.59 Å². The number of amidine groups is 1. The third-order valence-corrected chi connectivity index (χ3v) is 4.10. The van der Waals surface area contributed by atoms with Crippen LogP contribution < -0.4 is 15.8 Å². The molecule has 1 fully saturated rings. The second-order valence-corrected chi connectivity index (χ2v) is 5.87. The SMILES string of the molecule is CCOc1ccc(NC(=O)[C@H]2CC(=O)N(C(=N)N)C(=N)S2)cc1. The summed E-state index contributed by atoms with van der Waals surface area (Å²) in [5, 5.41) is 16.8. The van der Waals surface area contributed by atoms with Crippen LogP contribution in [-0.4, -0.2) is 39.7 Å². The fourth-order valence-electron chi connectivity index (χ4n) is 2.01. The van der Waals surface area contributed by atoms with E-state index in [0.29, 0.717) is 18.0 Å². The first kappa shape index (κ1) is 16.8. The maximum absolute atomic E-state index is 12.2. The molecular formula is C14H17N5O3S. The van der Waals surface area contributed by atoms with E-state index in [0.717, 1.165) is 16.7 Å². The van der Waals surface area contributed by atoms with Gasteiger partial charge >= 0.3 is 0 Å². The van der Waals surface area contributed by atoms with Crippen molar-refractivity contribution in [1.82, 2.24) is 4.90 Å². The highest BCUT2D eigenvalue weighted by Crippen LogP contribution is 2.26. The maximum Gasteiger partial charge on any atom is 0.238 e. The number of nitrogens with two attached hydrogens (primary N) is 1. The first-order chi connectivity index (χ1) is 10.9. The van der Waals surface area contributed by atoms with E-state index in [2.05, 4.69) is 5.32 Å². The van der Waals surface area contributed by atoms with Gasteiger partial charge in [0.25, 0.3) is 0 Å². The van der Waals surface area contributed by atoms with Gasteiger partial charge in [0.2, 0.25) is 17.8 Å². The first-order valence-corrected chi connectivity index (χ1v) is 7.76. The second kappa shape index (κ2) is 7.14. The van der Waals surface area contributed by atoms with Gasteiger partial charge in [-0.15, -0.1) is 0 Å². The summed E-state index contributed by atoms with van der Waals surface area (Å²) in [6.45, 7) is 2.44. The van der Waals surface area contributed by atoms with Crippen molar-refractivity contribution in [2.45, 2.75) is 18.6 Å². The topological polar surface area (TPSA) is 132 Å². The minimum atomic E-state index is -0.725. The third kappa shape index (κ3) is 4.01. The predicted octanol–water partition coefficient (Wildman–Crippen LogP) is 1.19. The molecule has 9 heteroatoms. The molecule has 1 saturated heterocycles. The van der Waals surface area contributed by atoms with Crippen LogP contribution in [0.1, 0.15) is 13.3 Å². The number of carbonyl (C=O) groups is 2. The monoisotopic (exact) mass is 335 g/mol. The smallest absolute Gasteiger partial charge is 0.238 e. The zero-order valence-electron chi connectivity index (χ0n) is 12.5. The van der Waals surface area contributed by atoms with Crippen LogP contribution in [0.2, 0.25) is 0 Å². The van der Waals surface area contributed by atoms with Crippen LogP contribution in [0, 0.1) is 10.8 Å². The van der Waals surface area contributed by atoms with Gasteiger partial charge in [-0.1, -0.05) is 11.8 Å². The number of nitrogens with zero attached hydrogens (tertiary/aromatic N) is 1. The zero-order valence-corrected chi connectivity index (χ0v) is 13.3.